The van der Waals surface area contributed by atoms with E-state index in [9.17, 15) is 4.79 Å². The first-order chi connectivity index (χ1) is 10.1. The van der Waals surface area contributed by atoms with E-state index in [1.807, 2.05) is 38.1 Å². The minimum atomic E-state index is -0.110. The van der Waals surface area contributed by atoms with Crippen molar-refractivity contribution in [1.29, 1.82) is 5.26 Å². The minimum Gasteiger partial charge on any atom is -0.385 e. The summed E-state index contributed by atoms with van der Waals surface area (Å²) >= 11 is 1.40. The summed E-state index contributed by atoms with van der Waals surface area (Å²) in [4.78, 5) is 14.0. The Bertz CT molecular complexity index is 685. The number of rotatable bonds is 5. The zero-order valence-electron chi connectivity index (χ0n) is 12.1. The lowest BCUT2D eigenvalue weighted by Gasteiger charge is -2.11. The third-order valence-corrected chi connectivity index (χ3v) is 3.97. The van der Waals surface area contributed by atoms with Crippen LogP contribution in [-0.4, -0.2) is 12.5 Å². The molecule has 0 aliphatic heterocycles. The van der Waals surface area contributed by atoms with Gasteiger partial charge in [-0.1, -0.05) is 11.6 Å². The first-order valence-corrected chi connectivity index (χ1v) is 7.57. The van der Waals surface area contributed by atoms with Crippen LogP contribution in [0.15, 0.2) is 30.3 Å². The highest BCUT2D eigenvalue weighted by Gasteiger charge is 2.11. The van der Waals surface area contributed by atoms with Crippen LogP contribution >= 0.6 is 11.3 Å². The van der Waals surface area contributed by atoms with Crippen LogP contribution in [-0.2, 0) is 6.54 Å². The number of thiophene rings is 1. The Kier molecular flexibility index (Phi) is 4.96. The van der Waals surface area contributed by atoms with E-state index in [4.69, 9.17) is 5.26 Å². The van der Waals surface area contributed by atoms with Gasteiger partial charge in [-0.25, -0.2) is 0 Å². The van der Waals surface area contributed by atoms with E-state index in [1.165, 1.54) is 11.3 Å². The fourth-order valence-electron chi connectivity index (χ4n) is 1.99. The number of hydrogen-bond acceptors (Lipinski definition) is 4. The molecular formula is C16H17N3OS. The Labute approximate surface area is 128 Å². The van der Waals surface area contributed by atoms with Crippen LogP contribution in [0.3, 0.4) is 0 Å². The van der Waals surface area contributed by atoms with E-state index in [0.29, 0.717) is 17.0 Å². The number of carbonyl (C=O) groups is 1. The van der Waals surface area contributed by atoms with Crippen LogP contribution < -0.4 is 10.6 Å². The van der Waals surface area contributed by atoms with Gasteiger partial charge in [-0.05, 0) is 38.1 Å². The molecular weight excluding hydrogens is 282 g/mol. The lowest BCUT2D eigenvalue weighted by molar-refractivity contribution is 0.0952. The fraction of sp³-hybridized carbons (Fsp3) is 0.250. The zero-order valence-corrected chi connectivity index (χ0v) is 12.9. The van der Waals surface area contributed by atoms with Crippen molar-refractivity contribution in [2.45, 2.75) is 20.4 Å². The largest absolute Gasteiger partial charge is 0.385 e. The van der Waals surface area contributed by atoms with Gasteiger partial charge in [-0.3, -0.25) is 4.79 Å². The molecule has 1 aromatic carbocycles. The molecule has 2 rings (SSSR count). The van der Waals surface area contributed by atoms with Crippen molar-refractivity contribution in [2.75, 3.05) is 11.9 Å². The predicted octanol–water partition coefficient (Wildman–Crippen LogP) is 3.29. The molecule has 1 amide bonds. The van der Waals surface area contributed by atoms with Crippen LogP contribution in [0.1, 0.15) is 32.6 Å². The van der Waals surface area contributed by atoms with Crippen molar-refractivity contribution in [1.82, 2.24) is 5.32 Å². The van der Waals surface area contributed by atoms with E-state index >= 15 is 0 Å². The molecule has 0 saturated carbocycles. The molecule has 1 heterocycles. The topological polar surface area (TPSA) is 64.9 Å². The summed E-state index contributed by atoms with van der Waals surface area (Å²) in [6.45, 7) is 5.16. The molecule has 2 N–H and O–H groups in total. The van der Waals surface area contributed by atoms with E-state index in [-0.39, 0.29) is 5.91 Å². The third-order valence-electron chi connectivity index (χ3n) is 2.98. The average molecular weight is 299 g/mol. The van der Waals surface area contributed by atoms with Crippen molar-refractivity contribution in [3.63, 3.8) is 0 Å². The molecule has 0 aliphatic carbocycles. The molecule has 0 aliphatic rings. The van der Waals surface area contributed by atoms with E-state index in [1.54, 1.807) is 6.07 Å². The second-order valence-corrected chi connectivity index (χ2v) is 5.81. The maximum Gasteiger partial charge on any atom is 0.253 e. The maximum atomic E-state index is 12.3. The van der Waals surface area contributed by atoms with Crippen molar-refractivity contribution in [2.24, 2.45) is 0 Å². The number of nitrogens with one attached hydrogen (secondary N) is 2. The minimum absolute atomic E-state index is 0.110. The molecule has 21 heavy (non-hydrogen) atoms. The van der Waals surface area contributed by atoms with Crippen molar-refractivity contribution in [3.8, 4) is 6.07 Å². The summed E-state index contributed by atoms with van der Waals surface area (Å²) in [5, 5.41) is 14.9. The van der Waals surface area contributed by atoms with Gasteiger partial charge in [0.1, 0.15) is 10.9 Å². The maximum absolute atomic E-state index is 12.3. The molecule has 0 radical (unpaired) electrons. The zero-order chi connectivity index (χ0) is 15.2. The smallest absolute Gasteiger partial charge is 0.253 e. The molecule has 0 fully saturated rings. The monoisotopic (exact) mass is 299 g/mol. The highest BCUT2D eigenvalue weighted by atomic mass is 32.1. The molecule has 1 aromatic heterocycles. The first-order valence-electron chi connectivity index (χ1n) is 6.75. The number of anilines is 1. The molecule has 108 valence electrons. The summed E-state index contributed by atoms with van der Waals surface area (Å²) in [6.07, 6.45) is 0. The van der Waals surface area contributed by atoms with E-state index in [2.05, 4.69) is 16.7 Å². The predicted molar refractivity (Wildman–Crippen MR) is 85.5 cm³/mol. The van der Waals surface area contributed by atoms with Crippen LogP contribution in [0.5, 0.6) is 0 Å². The van der Waals surface area contributed by atoms with Crippen molar-refractivity contribution >= 4 is 22.9 Å². The number of hydrogen-bond donors (Lipinski definition) is 2. The molecule has 0 bridgehead atoms. The first kappa shape index (κ1) is 15.1. The Morgan fingerprint density at radius 2 is 2.14 bits per heavy atom. The van der Waals surface area contributed by atoms with Gasteiger partial charge in [0.05, 0.1) is 12.1 Å². The summed E-state index contributed by atoms with van der Waals surface area (Å²) in [5.41, 5.74) is 2.53. The Morgan fingerprint density at radius 3 is 2.81 bits per heavy atom. The van der Waals surface area contributed by atoms with Gasteiger partial charge < -0.3 is 10.6 Å². The van der Waals surface area contributed by atoms with Gasteiger partial charge in [0.2, 0.25) is 0 Å². The fourth-order valence-corrected chi connectivity index (χ4v) is 2.73. The van der Waals surface area contributed by atoms with E-state index in [0.717, 1.165) is 22.7 Å². The second kappa shape index (κ2) is 6.91. The lowest BCUT2D eigenvalue weighted by Crippen LogP contribution is -2.23. The quantitative estimate of drug-likeness (QED) is 0.890. The number of benzene rings is 1. The van der Waals surface area contributed by atoms with Gasteiger partial charge in [-0.2, -0.15) is 5.26 Å². The van der Waals surface area contributed by atoms with Crippen molar-refractivity contribution in [3.05, 3.63) is 51.2 Å². The molecule has 5 heteroatoms. The molecule has 0 saturated heterocycles. The van der Waals surface area contributed by atoms with Gasteiger partial charge in [0.15, 0.2) is 0 Å². The van der Waals surface area contributed by atoms with Crippen LogP contribution in [0, 0.1) is 18.3 Å². The molecule has 0 atom stereocenters. The summed E-state index contributed by atoms with van der Waals surface area (Å²) in [5.74, 6) is -0.110. The number of carbonyl (C=O) groups excluding carboxylic acids is 1. The third kappa shape index (κ3) is 3.83. The van der Waals surface area contributed by atoms with Crippen LogP contribution in [0.2, 0.25) is 0 Å². The number of nitriles is 1. The Balaban J connectivity index is 2.09. The lowest BCUT2D eigenvalue weighted by atomic mass is 10.1. The average Bonchev–Trinajstić information content (AvgIpc) is 2.95. The van der Waals surface area contributed by atoms with Crippen LogP contribution in [0.25, 0.3) is 0 Å². The summed E-state index contributed by atoms with van der Waals surface area (Å²) in [7, 11) is 0. The number of aryl methyl sites for hydroxylation is 1. The van der Waals surface area contributed by atoms with Gasteiger partial charge >= 0.3 is 0 Å². The highest BCUT2D eigenvalue weighted by Crippen LogP contribution is 2.18. The molecule has 4 nitrogen and oxygen atoms in total. The molecule has 0 spiro atoms. The molecule has 2 aromatic rings. The number of amides is 1. The second-order valence-electron chi connectivity index (χ2n) is 4.64. The van der Waals surface area contributed by atoms with E-state index < -0.39 is 0 Å². The SMILES string of the molecule is CCNc1ccc(C)cc1C(=O)NCc1ccc(C#N)s1. The van der Waals surface area contributed by atoms with Crippen molar-refractivity contribution < 1.29 is 4.79 Å². The van der Waals surface area contributed by atoms with Crippen LogP contribution in [0.4, 0.5) is 5.69 Å². The summed E-state index contributed by atoms with van der Waals surface area (Å²) in [6, 6.07) is 11.5. The van der Waals surface area contributed by atoms with Gasteiger partial charge in [-0.15, -0.1) is 11.3 Å². The Morgan fingerprint density at radius 1 is 1.33 bits per heavy atom. The van der Waals surface area contributed by atoms with Gasteiger partial charge in [0, 0.05) is 17.1 Å². The Hall–Kier alpha value is -2.32. The standard InChI is InChI=1S/C16H17N3OS/c1-3-18-15-7-4-11(2)8-14(15)16(20)19-10-13-6-5-12(9-17)21-13/h4-8,18H,3,10H2,1-2H3,(H,19,20). The van der Waals surface area contributed by atoms with Gasteiger partial charge in [0.25, 0.3) is 5.91 Å². The number of nitrogens with zero attached hydrogens (tertiary/aromatic N) is 1. The normalized spacial score (nSPS) is 9.95. The summed E-state index contributed by atoms with van der Waals surface area (Å²) < 4.78 is 0. The molecule has 0 unspecified atom stereocenters. The highest BCUT2D eigenvalue weighted by molar-refractivity contribution is 7.12.